The van der Waals surface area contributed by atoms with Gasteiger partial charge in [0.25, 0.3) is 0 Å². The summed E-state index contributed by atoms with van der Waals surface area (Å²) in [5, 5.41) is 8.04. The minimum absolute atomic E-state index is 0.513. The summed E-state index contributed by atoms with van der Waals surface area (Å²) in [4.78, 5) is 12.5. The smallest absolute Gasteiger partial charge is 0.150 e. The van der Waals surface area contributed by atoms with E-state index < -0.39 is 0 Å². The van der Waals surface area contributed by atoms with E-state index in [1.165, 1.54) is 12.8 Å². The highest BCUT2D eigenvalue weighted by Gasteiger charge is 2.06. The van der Waals surface area contributed by atoms with Crippen LogP contribution in [0.1, 0.15) is 42.1 Å². The molecule has 92 valence electrons. The van der Waals surface area contributed by atoms with Crippen molar-refractivity contribution < 1.29 is 4.79 Å². The number of aldehydes is 1. The van der Waals surface area contributed by atoms with Gasteiger partial charge in [-0.2, -0.15) is 0 Å². The van der Waals surface area contributed by atoms with Crippen LogP contribution in [0.25, 0.3) is 0 Å². The summed E-state index contributed by atoms with van der Waals surface area (Å²) in [5.41, 5.74) is 1.50. The zero-order valence-corrected chi connectivity index (χ0v) is 10.6. The molecule has 0 aromatic heterocycles. The van der Waals surface area contributed by atoms with Crippen molar-refractivity contribution in [2.45, 2.75) is 26.2 Å². The van der Waals surface area contributed by atoms with Gasteiger partial charge in [0.1, 0.15) is 12.1 Å². The van der Waals surface area contributed by atoms with Crippen LogP contribution in [0.3, 0.4) is 0 Å². The fraction of sp³-hybridized carbons (Fsp3) is 0.429. The standard InChI is InChI=1S/C14H20N2O/c1-3-4-5-10-16(2)14(15)13-8-6-12(11-17)7-9-13/h6-9,11,15H,3-5,10H2,1-2H3. The van der Waals surface area contributed by atoms with E-state index in [1.54, 1.807) is 12.1 Å². The average Bonchev–Trinajstić information content (AvgIpc) is 2.38. The summed E-state index contributed by atoms with van der Waals surface area (Å²) in [5.74, 6) is 0.513. The highest BCUT2D eigenvalue weighted by Crippen LogP contribution is 2.07. The maximum Gasteiger partial charge on any atom is 0.150 e. The number of nitrogens with zero attached hydrogens (tertiary/aromatic N) is 1. The summed E-state index contributed by atoms with van der Waals surface area (Å²) in [6, 6.07) is 7.14. The minimum atomic E-state index is 0.513. The zero-order valence-electron chi connectivity index (χ0n) is 10.6. The molecule has 3 heteroatoms. The number of unbranched alkanes of at least 4 members (excludes halogenated alkanes) is 2. The SMILES string of the molecule is CCCCCN(C)C(=N)c1ccc(C=O)cc1. The largest absolute Gasteiger partial charge is 0.360 e. The van der Waals surface area contributed by atoms with Gasteiger partial charge in [-0.05, 0) is 6.42 Å². The highest BCUT2D eigenvalue weighted by molar-refractivity contribution is 5.96. The van der Waals surface area contributed by atoms with Crippen LogP contribution < -0.4 is 0 Å². The highest BCUT2D eigenvalue weighted by atomic mass is 16.1. The van der Waals surface area contributed by atoms with Crippen molar-refractivity contribution >= 4 is 12.1 Å². The van der Waals surface area contributed by atoms with Crippen LogP contribution in [0.15, 0.2) is 24.3 Å². The van der Waals surface area contributed by atoms with Crippen LogP contribution in [-0.4, -0.2) is 30.6 Å². The number of carbonyl (C=O) groups is 1. The van der Waals surface area contributed by atoms with Crippen molar-refractivity contribution in [2.24, 2.45) is 0 Å². The number of benzene rings is 1. The monoisotopic (exact) mass is 232 g/mol. The van der Waals surface area contributed by atoms with Gasteiger partial charge >= 0.3 is 0 Å². The number of amidine groups is 1. The molecule has 0 aliphatic heterocycles. The zero-order chi connectivity index (χ0) is 12.7. The molecule has 0 fully saturated rings. The van der Waals surface area contributed by atoms with E-state index in [0.29, 0.717) is 11.4 Å². The molecule has 0 saturated carbocycles. The van der Waals surface area contributed by atoms with E-state index >= 15 is 0 Å². The van der Waals surface area contributed by atoms with E-state index in [1.807, 2.05) is 24.1 Å². The first-order chi connectivity index (χ1) is 8.19. The van der Waals surface area contributed by atoms with Crippen molar-refractivity contribution in [3.05, 3.63) is 35.4 Å². The second kappa shape index (κ2) is 6.84. The number of hydrogen-bond acceptors (Lipinski definition) is 2. The molecule has 0 unspecified atom stereocenters. The lowest BCUT2D eigenvalue weighted by Crippen LogP contribution is -2.27. The van der Waals surface area contributed by atoms with Crippen LogP contribution in [0, 0.1) is 5.41 Å². The molecular weight excluding hydrogens is 212 g/mol. The molecular formula is C14H20N2O. The molecule has 3 nitrogen and oxygen atoms in total. The van der Waals surface area contributed by atoms with Gasteiger partial charge in [0.15, 0.2) is 0 Å². The van der Waals surface area contributed by atoms with Gasteiger partial charge < -0.3 is 4.90 Å². The topological polar surface area (TPSA) is 44.2 Å². The Hall–Kier alpha value is -1.64. The maximum absolute atomic E-state index is 10.5. The van der Waals surface area contributed by atoms with E-state index in [0.717, 1.165) is 24.8 Å². The van der Waals surface area contributed by atoms with Crippen molar-refractivity contribution in [1.29, 1.82) is 5.41 Å². The Bertz CT molecular complexity index is 370. The first-order valence-electron chi connectivity index (χ1n) is 6.04. The molecule has 0 aliphatic rings. The van der Waals surface area contributed by atoms with Crippen LogP contribution in [0.5, 0.6) is 0 Å². The Morgan fingerprint density at radius 1 is 1.29 bits per heavy atom. The third-order valence-corrected chi connectivity index (χ3v) is 2.80. The molecule has 1 aromatic carbocycles. The van der Waals surface area contributed by atoms with Crippen LogP contribution in [0.2, 0.25) is 0 Å². The van der Waals surface area contributed by atoms with Gasteiger partial charge in [-0.15, -0.1) is 0 Å². The van der Waals surface area contributed by atoms with Gasteiger partial charge in [-0.1, -0.05) is 44.0 Å². The lowest BCUT2D eigenvalue weighted by Gasteiger charge is -2.19. The molecule has 0 amide bonds. The van der Waals surface area contributed by atoms with Crippen LogP contribution >= 0.6 is 0 Å². The third-order valence-electron chi connectivity index (χ3n) is 2.80. The molecule has 0 spiro atoms. The molecule has 0 saturated heterocycles. The van der Waals surface area contributed by atoms with E-state index in [9.17, 15) is 4.79 Å². The Labute approximate surface area is 103 Å². The quantitative estimate of drug-likeness (QED) is 0.355. The first-order valence-corrected chi connectivity index (χ1v) is 6.04. The Morgan fingerprint density at radius 3 is 2.47 bits per heavy atom. The molecule has 0 aliphatic carbocycles. The fourth-order valence-electron chi connectivity index (χ4n) is 1.65. The predicted octanol–water partition coefficient (Wildman–Crippen LogP) is 2.95. The molecule has 0 bridgehead atoms. The second-order valence-corrected chi connectivity index (χ2v) is 4.22. The number of hydrogen-bond donors (Lipinski definition) is 1. The van der Waals surface area contributed by atoms with Gasteiger partial charge in [-0.3, -0.25) is 10.2 Å². The van der Waals surface area contributed by atoms with E-state index in [-0.39, 0.29) is 0 Å². The van der Waals surface area contributed by atoms with Gasteiger partial charge in [-0.25, -0.2) is 0 Å². The van der Waals surface area contributed by atoms with Gasteiger partial charge in [0.05, 0.1) is 0 Å². The number of nitrogens with one attached hydrogen (secondary N) is 1. The summed E-state index contributed by atoms with van der Waals surface area (Å²) in [7, 11) is 1.94. The number of rotatable bonds is 6. The van der Waals surface area contributed by atoms with Crippen molar-refractivity contribution in [3.63, 3.8) is 0 Å². The van der Waals surface area contributed by atoms with Crippen LogP contribution in [-0.2, 0) is 0 Å². The third kappa shape index (κ3) is 4.02. The molecule has 0 heterocycles. The molecule has 1 aromatic rings. The Balaban J connectivity index is 2.58. The summed E-state index contributed by atoms with van der Waals surface area (Å²) < 4.78 is 0. The first kappa shape index (κ1) is 13.4. The fourth-order valence-corrected chi connectivity index (χ4v) is 1.65. The molecule has 17 heavy (non-hydrogen) atoms. The number of carbonyl (C=O) groups excluding carboxylic acids is 1. The van der Waals surface area contributed by atoms with E-state index in [4.69, 9.17) is 5.41 Å². The predicted molar refractivity (Wildman–Crippen MR) is 70.8 cm³/mol. The maximum atomic E-state index is 10.5. The molecule has 1 rings (SSSR count). The van der Waals surface area contributed by atoms with Crippen LogP contribution in [0.4, 0.5) is 0 Å². The van der Waals surface area contributed by atoms with Crippen molar-refractivity contribution in [3.8, 4) is 0 Å². The lowest BCUT2D eigenvalue weighted by atomic mass is 10.1. The van der Waals surface area contributed by atoms with Gasteiger partial charge in [0, 0.05) is 24.7 Å². The molecule has 0 atom stereocenters. The lowest BCUT2D eigenvalue weighted by molar-refractivity contribution is 0.112. The minimum Gasteiger partial charge on any atom is -0.360 e. The normalized spacial score (nSPS) is 10.0. The Morgan fingerprint density at radius 2 is 1.94 bits per heavy atom. The summed E-state index contributed by atoms with van der Waals surface area (Å²) in [6.07, 6.45) is 4.32. The van der Waals surface area contributed by atoms with Gasteiger partial charge in [0.2, 0.25) is 0 Å². The molecule has 1 N–H and O–H groups in total. The average molecular weight is 232 g/mol. The summed E-state index contributed by atoms with van der Waals surface area (Å²) >= 11 is 0. The summed E-state index contributed by atoms with van der Waals surface area (Å²) in [6.45, 7) is 3.07. The Kier molecular flexibility index (Phi) is 5.40. The van der Waals surface area contributed by atoms with E-state index in [2.05, 4.69) is 6.92 Å². The molecule has 0 radical (unpaired) electrons. The van der Waals surface area contributed by atoms with Crippen molar-refractivity contribution in [2.75, 3.05) is 13.6 Å². The second-order valence-electron chi connectivity index (χ2n) is 4.22. The van der Waals surface area contributed by atoms with Crippen molar-refractivity contribution in [1.82, 2.24) is 4.90 Å².